The molecule has 0 fully saturated rings. The number of rotatable bonds is 4. The molecule has 0 aromatic carbocycles. The molecule has 3 rings (SSSR count). The van der Waals surface area contributed by atoms with Gasteiger partial charge in [-0.15, -0.1) is 11.3 Å². The Labute approximate surface area is 117 Å². The van der Waals surface area contributed by atoms with Crippen molar-refractivity contribution in [3.8, 4) is 0 Å². The van der Waals surface area contributed by atoms with Crippen LogP contribution >= 0.6 is 11.3 Å². The molecule has 0 radical (unpaired) electrons. The second-order valence-corrected chi connectivity index (χ2v) is 6.12. The van der Waals surface area contributed by atoms with E-state index in [0.717, 1.165) is 30.5 Å². The number of aryl methyl sites for hydroxylation is 2. The van der Waals surface area contributed by atoms with Gasteiger partial charge in [0.15, 0.2) is 5.13 Å². The summed E-state index contributed by atoms with van der Waals surface area (Å²) < 4.78 is 2.37. The molecule has 2 aromatic rings. The average Bonchev–Trinajstić information content (AvgIpc) is 2.96. The maximum atomic E-state index is 4.72. The van der Waals surface area contributed by atoms with E-state index < -0.39 is 0 Å². The van der Waals surface area contributed by atoms with E-state index in [9.17, 15) is 0 Å². The molecule has 0 saturated heterocycles. The third-order valence-corrected chi connectivity index (χ3v) is 4.56. The number of anilines is 1. The smallest absolute Gasteiger partial charge is 0.182 e. The van der Waals surface area contributed by atoms with Crippen LogP contribution in [0, 0.1) is 6.92 Å². The molecule has 0 bridgehead atoms. The highest BCUT2D eigenvalue weighted by Crippen LogP contribution is 2.25. The summed E-state index contributed by atoms with van der Waals surface area (Å²) in [6, 6.07) is 0. The molecule has 1 aliphatic rings. The SMILES string of the molecule is CCNc1ncc(Cn2c(C)nc3c2CCCC3)s1. The molecule has 0 atom stereocenters. The number of nitrogens with one attached hydrogen (secondary N) is 1. The van der Waals surface area contributed by atoms with Crippen molar-refractivity contribution in [1.82, 2.24) is 14.5 Å². The lowest BCUT2D eigenvalue weighted by atomic mass is 10.0. The lowest BCUT2D eigenvalue weighted by Gasteiger charge is -2.13. The fraction of sp³-hybridized carbons (Fsp3) is 0.571. The first kappa shape index (κ1) is 12.7. The first-order valence-corrected chi connectivity index (χ1v) is 7.83. The molecule has 19 heavy (non-hydrogen) atoms. The Balaban J connectivity index is 1.84. The zero-order valence-electron chi connectivity index (χ0n) is 11.6. The molecule has 1 aliphatic carbocycles. The largest absolute Gasteiger partial charge is 0.362 e. The number of thiazole rings is 1. The van der Waals surface area contributed by atoms with Crippen molar-refractivity contribution < 1.29 is 0 Å². The highest BCUT2D eigenvalue weighted by Gasteiger charge is 2.18. The number of hydrogen-bond acceptors (Lipinski definition) is 4. The standard InChI is InChI=1S/C14H20N4S/c1-3-15-14-16-8-11(19-14)9-18-10(2)17-12-6-4-5-7-13(12)18/h8H,3-7,9H2,1-2H3,(H,15,16). The summed E-state index contributed by atoms with van der Waals surface area (Å²) in [5, 5.41) is 4.28. The Bertz CT molecular complexity index is 570. The third kappa shape index (κ3) is 2.52. The van der Waals surface area contributed by atoms with Gasteiger partial charge in [0.05, 0.1) is 12.2 Å². The summed E-state index contributed by atoms with van der Waals surface area (Å²) in [4.78, 5) is 10.4. The number of imidazole rings is 1. The Hall–Kier alpha value is -1.36. The van der Waals surface area contributed by atoms with Crippen LogP contribution in [0.25, 0.3) is 0 Å². The number of hydrogen-bond donors (Lipinski definition) is 1. The normalized spacial score (nSPS) is 14.4. The third-order valence-electron chi connectivity index (χ3n) is 3.62. The van der Waals surface area contributed by atoms with Crippen molar-refractivity contribution in [3.63, 3.8) is 0 Å². The van der Waals surface area contributed by atoms with Gasteiger partial charge in [0, 0.05) is 23.3 Å². The van der Waals surface area contributed by atoms with Crippen LogP contribution in [0.2, 0.25) is 0 Å². The minimum atomic E-state index is 0.914. The Morgan fingerprint density at radius 1 is 1.37 bits per heavy atom. The van der Waals surface area contributed by atoms with Crippen molar-refractivity contribution in [1.29, 1.82) is 0 Å². The molecule has 1 N–H and O–H groups in total. The van der Waals surface area contributed by atoms with E-state index in [1.807, 2.05) is 6.20 Å². The summed E-state index contributed by atoms with van der Waals surface area (Å²) in [5.74, 6) is 1.14. The summed E-state index contributed by atoms with van der Waals surface area (Å²) >= 11 is 1.74. The van der Waals surface area contributed by atoms with Crippen LogP contribution in [-0.2, 0) is 19.4 Å². The van der Waals surface area contributed by atoms with Gasteiger partial charge in [0.2, 0.25) is 0 Å². The molecule has 0 saturated carbocycles. The first-order valence-electron chi connectivity index (χ1n) is 7.01. The summed E-state index contributed by atoms with van der Waals surface area (Å²) in [5.41, 5.74) is 2.77. The maximum absolute atomic E-state index is 4.72. The molecule has 5 heteroatoms. The van der Waals surface area contributed by atoms with Crippen molar-refractivity contribution >= 4 is 16.5 Å². The van der Waals surface area contributed by atoms with E-state index >= 15 is 0 Å². The van der Waals surface area contributed by atoms with Gasteiger partial charge in [0.1, 0.15) is 5.82 Å². The molecular formula is C14H20N4S. The average molecular weight is 276 g/mol. The van der Waals surface area contributed by atoms with Gasteiger partial charge in [-0.05, 0) is 39.5 Å². The van der Waals surface area contributed by atoms with E-state index in [0.29, 0.717) is 0 Å². The van der Waals surface area contributed by atoms with Gasteiger partial charge in [0.25, 0.3) is 0 Å². The molecule has 4 nitrogen and oxygen atoms in total. The molecule has 0 aliphatic heterocycles. The topological polar surface area (TPSA) is 42.7 Å². The second kappa shape index (κ2) is 5.33. The molecule has 102 valence electrons. The van der Waals surface area contributed by atoms with Gasteiger partial charge in [-0.2, -0.15) is 0 Å². The van der Waals surface area contributed by atoms with E-state index in [2.05, 4.69) is 28.7 Å². The van der Waals surface area contributed by atoms with Gasteiger partial charge in [-0.25, -0.2) is 9.97 Å². The fourth-order valence-electron chi connectivity index (χ4n) is 2.71. The lowest BCUT2D eigenvalue weighted by Crippen LogP contribution is -2.09. The van der Waals surface area contributed by atoms with E-state index in [1.54, 1.807) is 11.3 Å². The minimum Gasteiger partial charge on any atom is -0.362 e. The van der Waals surface area contributed by atoms with Gasteiger partial charge in [-0.3, -0.25) is 0 Å². The predicted octanol–water partition coefficient (Wildman–Crippen LogP) is 3.01. The Kier molecular flexibility index (Phi) is 3.55. The molecule has 0 unspecified atom stereocenters. The van der Waals surface area contributed by atoms with E-state index in [1.165, 1.54) is 35.5 Å². The molecule has 0 amide bonds. The molecule has 2 aromatic heterocycles. The quantitative estimate of drug-likeness (QED) is 0.933. The van der Waals surface area contributed by atoms with Gasteiger partial charge in [-0.1, -0.05) is 0 Å². The van der Waals surface area contributed by atoms with Crippen LogP contribution in [0.4, 0.5) is 5.13 Å². The van der Waals surface area contributed by atoms with Gasteiger partial charge >= 0.3 is 0 Å². The molecular weight excluding hydrogens is 256 g/mol. The van der Waals surface area contributed by atoms with Crippen molar-refractivity contribution in [2.45, 2.75) is 46.1 Å². The van der Waals surface area contributed by atoms with Crippen LogP contribution in [0.1, 0.15) is 41.9 Å². The van der Waals surface area contributed by atoms with Gasteiger partial charge < -0.3 is 9.88 Å². The fourth-order valence-corrected chi connectivity index (χ4v) is 3.58. The number of fused-ring (bicyclic) bond motifs is 1. The van der Waals surface area contributed by atoms with Crippen LogP contribution in [0.5, 0.6) is 0 Å². The summed E-state index contributed by atoms with van der Waals surface area (Å²) in [6.07, 6.45) is 6.89. The van der Waals surface area contributed by atoms with Crippen molar-refractivity contribution in [2.24, 2.45) is 0 Å². The Morgan fingerprint density at radius 3 is 3.05 bits per heavy atom. The Morgan fingerprint density at radius 2 is 2.21 bits per heavy atom. The first-order chi connectivity index (χ1) is 9.28. The zero-order valence-corrected chi connectivity index (χ0v) is 12.4. The zero-order chi connectivity index (χ0) is 13.2. The van der Waals surface area contributed by atoms with Crippen LogP contribution in [0.3, 0.4) is 0 Å². The second-order valence-electron chi connectivity index (χ2n) is 5.01. The van der Waals surface area contributed by atoms with Crippen molar-refractivity contribution in [3.05, 3.63) is 28.3 Å². The van der Waals surface area contributed by atoms with Crippen LogP contribution < -0.4 is 5.32 Å². The monoisotopic (exact) mass is 276 g/mol. The minimum absolute atomic E-state index is 0.914. The highest BCUT2D eigenvalue weighted by atomic mass is 32.1. The molecule has 2 heterocycles. The summed E-state index contributed by atoms with van der Waals surface area (Å²) in [6.45, 7) is 6.05. The summed E-state index contributed by atoms with van der Waals surface area (Å²) in [7, 11) is 0. The van der Waals surface area contributed by atoms with Crippen molar-refractivity contribution in [2.75, 3.05) is 11.9 Å². The van der Waals surface area contributed by atoms with Crippen LogP contribution in [-0.4, -0.2) is 21.1 Å². The lowest BCUT2D eigenvalue weighted by molar-refractivity contribution is 0.626. The molecule has 0 spiro atoms. The number of aromatic nitrogens is 3. The maximum Gasteiger partial charge on any atom is 0.182 e. The predicted molar refractivity (Wildman–Crippen MR) is 79.0 cm³/mol. The highest BCUT2D eigenvalue weighted by molar-refractivity contribution is 7.15. The van der Waals surface area contributed by atoms with Crippen LogP contribution in [0.15, 0.2) is 6.20 Å². The van der Waals surface area contributed by atoms with E-state index in [-0.39, 0.29) is 0 Å². The number of nitrogens with zero attached hydrogens (tertiary/aromatic N) is 3. The van der Waals surface area contributed by atoms with E-state index in [4.69, 9.17) is 4.98 Å².